The first kappa shape index (κ1) is 15.7. The molecule has 0 aromatic heterocycles. The van der Waals surface area contributed by atoms with Crippen LogP contribution < -0.4 is 0 Å². The van der Waals surface area contributed by atoms with Gasteiger partial charge in [0.05, 0.1) is 25.9 Å². The molecular weight excluding hydrogens is 264 g/mol. The molecule has 0 saturated carbocycles. The van der Waals surface area contributed by atoms with Gasteiger partial charge < -0.3 is 14.6 Å². The molecule has 2 rings (SSSR count). The van der Waals surface area contributed by atoms with Crippen LogP contribution in [0.5, 0.6) is 0 Å². The molecule has 0 bridgehead atoms. The fourth-order valence-corrected chi connectivity index (χ4v) is 1.92. The van der Waals surface area contributed by atoms with Gasteiger partial charge in [-0.2, -0.15) is 0 Å². The molecule has 2 aromatic carbocycles. The van der Waals surface area contributed by atoms with E-state index in [2.05, 4.69) is 0 Å². The molecule has 112 valence electrons. The maximum absolute atomic E-state index is 10.0. The Labute approximate surface area is 126 Å². The zero-order valence-electron chi connectivity index (χ0n) is 12.3. The van der Waals surface area contributed by atoms with Crippen molar-refractivity contribution in [3.05, 3.63) is 71.8 Å². The van der Waals surface area contributed by atoms with Crippen LogP contribution in [0.15, 0.2) is 60.7 Å². The van der Waals surface area contributed by atoms with Crippen LogP contribution in [0.2, 0.25) is 0 Å². The molecule has 0 unspecified atom stereocenters. The van der Waals surface area contributed by atoms with Gasteiger partial charge in [-0.1, -0.05) is 60.7 Å². The molecular formula is C18H22O3. The summed E-state index contributed by atoms with van der Waals surface area (Å²) in [5.74, 6) is 0. The summed E-state index contributed by atoms with van der Waals surface area (Å²) in [5, 5.41) is 10.0. The minimum absolute atomic E-state index is 0.263. The highest BCUT2D eigenvalue weighted by Gasteiger charge is 2.15. The third-order valence-corrected chi connectivity index (χ3v) is 3.30. The summed E-state index contributed by atoms with van der Waals surface area (Å²) in [6.07, 6.45) is -0.890. The van der Waals surface area contributed by atoms with Gasteiger partial charge in [-0.25, -0.2) is 0 Å². The van der Waals surface area contributed by atoms with Crippen LogP contribution >= 0.6 is 0 Å². The second-order valence-electron chi connectivity index (χ2n) is 5.07. The second-order valence-corrected chi connectivity index (χ2v) is 5.07. The van der Waals surface area contributed by atoms with Crippen molar-refractivity contribution in [2.45, 2.75) is 32.3 Å². The molecule has 1 N–H and O–H groups in total. The first-order chi connectivity index (χ1) is 10.3. The molecule has 0 fully saturated rings. The predicted molar refractivity (Wildman–Crippen MR) is 82.8 cm³/mol. The molecule has 21 heavy (non-hydrogen) atoms. The summed E-state index contributed by atoms with van der Waals surface area (Å²) in [5.41, 5.74) is 2.20. The van der Waals surface area contributed by atoms with Gasteiger partial charge in [-0.05, 0) is 18.1 Å². The van der Waals surface area contributed by atoms with Gasteiger partial charge in [0.1, 0.15) is 6.10 Å². The van der Waals surface area contributed by atoms with Crippen molar-refractivity contribution in [1.82, 2.24) is 0 Å². The molecule has 0 amide bonds. The van der Waals surface area contributed by atoms with Gasteiger partial charge in [-0.15, -0.1) is 0 Å². The highest BCUT2D eigenvalue weighted by atomic mass is 16.5. The van der Waals surface area contributed by atoms with Crippen LogP contribution in [0.25, 0.3) is 0 Å². The average Bonchev–Trinajstić information content (AvgIpc) is 2.54. The summed E-state index contributed by atoms with van der Waals surface area (Å²) in [6, 6.07) is 19.9. The lowest BCUT2D eigenvalue weighted by molar-refractivity contribution is -0.0724. The summed E-state index contributed by atoms with van der Waals surface area (Å²) < 4.78 is 11.2. The standard InChI is InChI=1S/C18H22O3/c1-15(21-13-17-10-6-3-7-11-17)18(19)14-20-12-16-8-4-2-5-9-16/h2-11,15,18-19H,12-14H2,1H3/t15-,18+/m0/s1. The molecule has 3 nitrogen and oxygen atoms in total. The van der Waals surface area contributed by atoms with Crippen molar-refractivity contribution in [3.8, 4) is 0 Å². The van der Waals surface area contributed by atoms with Gasteiger partial charge in [0.15, 0.2) is 0 Å². The van der Waals surface area contributed by atoms with Crippen LogP contribution in [0, 0.1) is 0 Å². The summed E-state index contributed by atoms with van der Waals surface area (Å²) in [6.45, 7) is 3.13. The van der Waals surface area contributed by atoms with E-state index in [-0.39, 0.29) is 12.7 Å². The fourth-order valence-electron chi connectivity index (χ4n) is 1.92. The van der Waals surface area contributed by atoms with Crippen molar-refractivity contribution in [3.63, 3.8) is 0 Å². The van der Waals surface area contributed by atoms with Crippen LogP contribution in [-0.4, -0.2) is 23.9 Å². The van der Waals surface area contributed by atoms with E-state index in [1.54, 1.807) is 0 Å². The summed E-state index contributed by atoms with van der Waals surface area (Å²) in [4.78, 5) is 0. The molecule has 2 atom stereocenters. The molecule has 0 spiro atoms. The smallest absolute Gasteiger partial charge is 0.103 e. The molecule has 0 heterocycles. The fraction of sp³-hybridized carbons (Fsp3) is 0.333. The lowest BCUT2D eigenvalue weighted by Gasteiger charge is -2.19. The second kappa shape index (κ2) is 8.57. The number of rotatable bonds is 8. The Morgan fingerprint density at radius 2 is 1.38 bits per heavy atom. The monoisotopic (exact) mass is 286 g/mol. The molecule has 0 aliphatic rings. The van der Waals surface area contributed by atoms with Gasteiger partial charge in [-0.3, -0.25) is 0 Å². The first-order valence-corrected chi connectivity index (χ1v) is 7.21. The number of aliphatic hydroxyl groups is 1. The Hall–Kier alpha value is -1.68. The van der Waals surface area contributed by atoms with Crippen LogP contribution in [-0.2, 0) is 22.7 Å². The molecule has 2 aromatic rings. The van der Waals surface area contributed by atoms with Crippen molar-refractivity contribution in [2.75, 3.05) is 6.61 Å². The summed E-state index contributed by atoms with van der Waals surface area (Å²) >= 11 is 0. The van der Waals surface area contributed by atoms with E-state index in [0.29, 0.717) is 13.2 Å². The number of benzene rings is 2. The van der Waals surface area contributed by atoms with Crippen molar-refractivity contribution in [2.24, 2.45) is 0 Å². The number of hydrogen-bond donors (Lipinski definition) is 1. The van der Waals surface area contributed by atoms with E-state index >= 15 is 0 Å². The molecule has 0 aliphatic heterocycles. The SMILES string of the molecule is C[C@H](OCc1ccccc1)[C@H](O)COCc1ccccc1. The maximum Gasteiger partial charge on any atom is 0.103 e. The third kappa shape index (κ3) is 5.68. The molecule has 3 heteroatoms. The van der Waals surface area contributed by atoms with Crippen LogP contribution in [0.4, 0.5) is 0 Å². The van der Waals surface area contributed by atoms with Gasteiger partial charge >= 0.3 is 0 Å². The Kier molecular flexibility index (Phi) is 6.41. The number of hydrogen-bond acceptors (Lipinski definition) is 3. The zero-order chi connectivity index (χ0) is 14.9. The average molecular weight is 286 g/mol. The minimum Gasteiger partial charge on any atom is -0.388 e. The van der Waals surface area contributed by atoms with Crippen molar-refractivity contribution < 1.29 is 14.6 Å². The number of aliphatic hydroxyl groups excluding tert-OH is 1. The largest absolute Gasteiger partial charge is 0.388 e. The first-order valence-electron chi connectivity index (χ1n) is 7.21. The molecule has 0 radical (unpaired) electrons. The lowest BCUT2D eigenvalue weighted by Crippen LogP contribution is -2.30. The van der Waals surface area contributed by atoms with E-state index in [0.717, 1.165) is 11.1 Å². The van der Waals surface area contributed by atoms with Crippen LogP contribution in [0.1, 0.15) is 18.1 Å². The zero-order valence-corrected chi connectivity index (χ0v) is 12.3. The minimum atomic E-state index is -0.627. The Balaban J connectivity index is 1.66. The van der Waals surface area contributed by atoms with E-state index in [9.17, 15) is 5.11 Å². The highest BCUT2D eigenvalue weighted by molar-refractivity contribution is 5.14. The van der Waals surface area contributed by atoms with Gasteiger partial charge in [0.25, 0.3) is 0 Å². The van der Waals surface area contributed by atoms with E-state index in [1.807, 2.05) is 67.6 Å². The maximum atomic E-state index is 10.0. The van der Waals surface area contributed by atoms with E-state index < -0.39 is 6.10 Å². The lowest BCUT2D eigenvalue weighted by atomic mass is 10.2. The normalized spacial score (nSPS) is 13.8. The highest BCUT2D eigenvalue weighted by Crippen LogP contribution is 2.07. The van der Waals surface area contributed by atoms with Crippen molar-refractivity contribution in [1.29, 1.82) is 0 Å². The Morgan fingerprint density at radius 1 is 0.857 bits per heavy atom. The van der Waals surface area contributed by atoms with Gasteiger partial charge in [0, 0.05) is 0 Å². The third-order valence-electron chi connectivity index (χ3n) is 3.30. The molecule has 0 aliphatic carbocycles. The topological polar surface area (TPSA) is 38.7 Å². The van der Waals surface area contributed by atoms with Gasteiger partial charge in [0.2, 0.25) is 0 Å². The Bertz CT molecular complexity index is 498. The quantitative estimate of drug-likeness (QED) is 0.810. The van der Waals surface area contributed by atoms with E-state index in [4.69, 9.17) is 9.47 Å². The summed E-state index contributed by atoms with van der Waals surface area (Å²) in [7, 11) is 0. The predicted octanol–water partition coefficient (Wildman–Crippen LogP) is 3.17. The number of ether oxygens (including phenoxy) is 2. The molecule has 0 saturated heterocycles. The Morgan fingerprint density at radius 3 is 1.95 bits per heavy atom. The van der Waals surface area contributed by atoms with Crippen molar-refractivity contribution >= 4 is 0 Å². The van der Waals surface area contributed by atoms with E-state index in [1.165, 1.54) is 0 Å². The van der Waals surface area contributed by atoms with Crippen LogP contribution in [0.3, 0.4) is 0 Å².